The monoisotopic (exact) mass is 228 g/mol. The van der Waals surface area contributed by atoms with Crippen molar-refractivity contribution in [1.82, 2.24) is 0 Å². The molecule has 1 aromatic carbocycles. The smallest absolute Gasteiger partial charge is 0.210 e. The number of ketones is 1. The lowest BCUT2D eigenvalue weighted by Crippen LogP contribution is -2.47. The summed E-state index contributed by atoms with van der Waals surface area (Å²) in [4.78, 5) is 11.7. The molecule has 1 rings (SSSR count). The highest BCUT2D eigenvalue weighted by atomic mass is 32.2. The summed E-state index contributed by atoms with van der Waals surface area (Å²) >= 11 is -2.83. The molecule has 0 amide bonds. The van der Waals surface area contributed by atoms with Crippen LogP contribution in [-0.4, -0.2) is 20.3 Å². The van der Waals surface area contributed by atoms with Gasteiger partial charge in [-0.25, -0.2) is 4.21 Å². The van der Waals surface area contributed by atoms with Gasteiger partial charge in [0, 0.05) is 5.56 Å². The maximum atomic E-state index is 11.7. The Labute approximate surface area is 89.7 Å². The molecule has 0 radical (unpaired) electrons. The summed E-state index contributed by atoms with van der Waals surface area (Å²) in [5.74, 6) is -0.590. The molecule has 0 aliphatic carbocycles. The van der Waals surface area contributed by atoms with Gasteiger partial charge in [0.2, 0.25) is 5.78 Å². The molecule has 0 spiro atoms. The van der Waals surface area contributed by atoms with Crippen LogP contribution in [0, 0.1) is 0 Å². The van der Waals surface area contributed by atoms with Gasteiger partial charge < -0.3 is 4.55 Å². The fourth-order valence-electron chi connectivity index (χ4n) is 1.06. The lowest BCUT2D eigenvalue weighted by atomic mass is 10.0. The van der Waals surface area contributed by atoms with E-state index < -0.39 is 22.9 Å². The molecule has 0 aliphatic rings. The lowest BCUT2D eigenvalue weighted by Gasteiger charge is -2.23. The Balaban J connectivity index is 2.89. The number of Topliss-reactive ketones (excluding diaryl/α,β-unsaturated/α-hetero) is 1. The van der Waals surface area contributed by atoms with Crippen molar-refractivity contribution in [2.75, 3.05) is 0 Å². The van der Waals surface area contributed by atoms with Gasteiger partial charge in [0.1, 0.15) is 0 Å². The molecule has 0 saturated heterocycles. The number of carbonyl (C=O) groups is 1. The number of rotatable bonds is 4. The molecule has 0 fully saturated rings. The molecule has 2 atom stereocenters. The number of nitrogens with two attached hydrogens (primary N) is 1. The van der Waals surface area contributed by atoms with Gasteiger partial charge in [-0.05, 0) is 6.92 Å². The largest absolute Gasteiger partial charge is 0.750 e. The Morgan fingerprint density at radius 1 is 1.47 bits per heavy atom. The van der Waals surface area contributed by atoms with Crippen molar-refractivity contribution in [2.45, 2.75) is 12.6 Å². The first kappa shape index (κ1) is 12.0. The zero-order valence-electron chi connectivity index (χ0n) is 8.01. The topological polar surface area (TPSA) is 92.4 Å². The van der Waals surface area contributed by atoms with E-state index in [1.54, 1.807) is 18.2 Å². The molecule has 82 valence electrons. The van der Waals surface area contributed by atoms with Gasteiger partial charge in [0.25, 0.3) is 0 Å². The standard InChI is InChI=1S/C9H11NO4S/c1-9(10,14-15(12)13)8(11)7-5-3-2-4-6-7/h2-6H,10H2,1H3,(H,12,13)/p-1. The minimum absolute atomic E-state index is 0.299. The molecule has 0 bridgehead atoms. The highest BCUT2D eigenvalue weighted by Crippen LogP contribution is 2.12. The van der Waals surface area contributed by atoms with Crippen molar-refractivity contribution in [3.8, 4) is 0 Å². The zero-order valence-corrected chi connectivity index (χ0v) is 8.82. The van der Waals surface area contributed by atoms with Crippen molar-refractivity contribution in [1.29, 1.82) is 0 Å². The van der Waals surface area contributed by atoms with Crippen LogP contribution < -0.4 is 5.73 Å². The van der Waals surface area contributed by atoms with Gasteiger partial charge in [-0.2, -0.15) is 0 Å². The molecule has 0 aromatic heterocycles. The predicted molar refractivity (Wildman–Crippen MR) is 53.4 cm³/mol. The van der Waals surface area contributed by atoms with E-state index in [-0.39, 0.29) is 0 Å². The summed E-state index contributed by atoms with van der Waals surface area (Å²) in [6, 6.07) is 8.10. The van der Waals surface area contributed by atoms with Crippen molar-refractivity contribution in [3.05, 3.63) is 35.9 Å². The third-order valence-electron chi connectivity index (χ3n) is 1.73. The summed E-state index contributed by atoms with van der Waals surface area (Å²) in [7, 11) is 0. The summed E-state index contributed by atoms with van der Waals surface area (Å²) in [5, 5.41) is 0. The number of benzene rings is 1. The maximum Gasteiger partial charge on any atom is 0.210 e. The number of carbonyl (C=O) groups excluding carboxylic acids is 1. The zero-order chi connectivity index (χ0) is 11.5. The minimum atomic E-state index is -2.83. The molecular weight excluding hydrogens is 218 g/mol. The van der Waals surface area contributed by atoms with E-state index in [0.29, 0.717) is 5.56 Å². The van der Waals surface area contributed by atoms with Crippen LogP contribution in [0.4, 0.5) is 0 Å². The Morgan fingerprint density at radius 3 is 2.47 bits per heavy atom. The molecule has 2 N–H and O–H groups in total. The van der Waals surface area contributed by atoms with Gasteiger partial charge >= 0.3 is 0 Å². The van der Waals surface area contributed by atoms with Crippen LogP contribution in [0.25, 0.3) is 0 Å². The van der Waals surface area contributed by atoms with Crippen LogP contribution in [0.15, 0.2) is 30.3 Å². The SMILES string of the molecule is CC(N)(OS(=O)[O-])C(=O)c1ccccc1. The molecular formula is C9H10NO4S-. The summed E-state index contributed by atoms with van der Waals surface area (Å²) in [6.07, 6.45) is 0. The van der Waals surface area contributed by atoms with Crippen molar-refractivity contribution < 1.29 is 17.7 Å². The average molecular weight is 228 g/mol. The first-order valence-electron chi connectivity index (χ1n) is 4.11. The molecule has 6 heteroatoms. The average Bonchev–Trinajstić information content (AvgIpc) is 2.16. The third-order valence-corrected chi connectivity index (χ3v) is 2.21. The summed E-state index contributed by atoms with van der Waals surface area (Å²) < 4.78 is 24.9. The van der Waals surface area contributed by atoms with E-state index in [9.17, 15) is 13.6 Å². The van der Waals surface area contributed by atoms with E-state index >= 15 is 0 Å². The summed E-state index contributed by atoms with van der Waals surface area (Å²) in [6.45, 7) is 1.19. The highest BCUT2D eigenvalue weighted by Gasteiger charge is 2.31. The molecule has 2 unspecified atom stereocenters. The van der Waals surface area contributed by atoms with Gasteiger partial charge in [-0.15, -0.1) is 0 Å². The van der Waals surface area contributed by atoms with E-state index in [4.69, 9.17) is 5.73 Å². The molecule has 0 saturated carbocycles. The van der Waals surface area contributed by atoms with E-state index in [1.807, 2.05) is 0 Å². The van der Waals surface area contributed by atoms with Crippen molar-refractivity contribution >= 4 is 17.1 Å². The predicted octanol–water partition coefficient (Wildman–Crippen LogP) is 0.355. The van der Waals surface area contributed by atoms with E-state index in [0.717, 1.165) is 0 Å². The molecule has 0 heterocycles. The Bertz CT molecular complexity index is 377. The van der Waals surface area contributed by atoms with Crippen LogP contribution in [0.1, 0.15) is 17.3 Å². The molecule has 0 aliphatic heterocycles. The fourth-order valence-corrected chi connectivity index (χ4v) is 1.41. The second kappa shape index (κ2) is 4.63. The Kier molecular flexibility index (Phi) is 3.70. The normalized spacial score (nSPS) is 16.7. The van der Waals surface area contributed by atoms with Gasteiger partial charge in [-0.1, -0.05) is 30.3 Å². The number of hydrogen-bond acceptors (Lipinski definition) is 5. The van der Waals surface area contributed by atoms with Crippen LogP contribution in [0.2, 0.25) is 0 Å². The van der Waals surface area contributed by atoms with Crippen LogP contribution in [0.3, 0.4) is 0 Å². The van der Waals surface area contributed by atoms with Crippen molar-refractivity contribution in [2.24, 2.45) is 5.73 Å². The lowest BCUT2D eigenvalue weighted by molar-refractivity contribution is 0.0554. The third kappa shape index (κ3) is 3.21. The van der Waals surface area contributed by atoms with Crippen LogP contribution >= 0.6 is 0 Å². The maximum absolute atomic E-state index is 11.7. The molecule has 1 aromatic rings. The van der Waals surface area contributed by atoms with Gasteiger partial charge in [-0.3, -0.25) is 14.7 Å². The fraction of sp³-hybridized carbons (Fsp3) is 0.222. The van der Waals surface area contributed by atoms with Crippen LogP contribution in [-0.2, 0) is 15.5 Å². The molecule has 5 nitrogen and oxygen atoms in total. The second-order valence-corrected chi connectivity index (χ2v) is 3.66. The molecule has 15 heavy (non-hydrogen) atoms. The Hall–Kier alpha value is -1.08. The first-order valence-corrected chi connectivity index (χ1v) is 5.11. The highest BCUT2D eigenvalue weighted by molar-refractivity contribution is 7.74. The van der Waals surface area contributed by atoms with Crippen molar-refractivity contribution in [3.63, 3.8) is 0 Å². The second-order valence-electron chi connectivity index (χ2n) is 3.09. The van der Waals surface area contributed by atoms with Gasteiger partial charge in [0.05, 0.1) is 11.4 Å². The van der Waals surface area contributed by atoms with E-state index in [1.165, 1.54) is 19.1 Å². The summed E-state index contributed by atoms with van der Waals surface area (Å²) in [5.41, 5.74) is 3.86. The first-order chi connectivity index (χ1) is 6.93. The quantitative estimate of drug-likeness (QED) is 0.456. The number of hydrogen-bond donors (Lipinski definition) is 1. The van der Waals surface area contributed by atoms with Crippen LogP contribution in [0.5, 0.6) is 0 Å². The van der Waals surface area contributed by atoms with Gasteiger partial charge in [0.15, 0.2) is 5.72 Å². The Morgan fingerprint density at radius 2 is 2.00 bits per heavy atom. The minimum Gasteiger partial charge on any atom is -0.750 e. The van der Waals surface area contributed by atoms with E-state index in [2.05, 4.69) is 4.18 Å².